The molecule has 2 aromatic carbocycles. The fourth-order valence-corrected chi connectivity index (χ4v) is 4.61. The van der Waals surface area contributed by atoms with Gasteiger partial charge in [-0.3, -0.25) is 14.2 Å². The fourth-order valence-electron chi connectivity index (χ4n) is 3.05. The van der Waals surface area contributed by atoms with Crippen molar-refractivity contribution in [2.45, 2.75) is 11.3 Å². The Bertz CT molecular complexity index is 1450. The van der Waals surface area contributed by atoms with Crippen molar-refractivity contribution in [2.24, 2.45) is 0 Å². The molecule has 4 rings (SSSR count). The molecule has 0 spiro atoms. The summed E-state index contributed by atoms with van der Waals surface area (Å²) in [4.78, 5) is 30.0. The van der Waals surface area contributed by atoms with Gasteiger partial charge in [0.05, 0.1) is 33.5 Å². The average molecular weight is 487 g/mol. The lowest BCUT2D eigenvalue weighted by Gasteiger charge is -2.15. The number of alkyl halides is 3. The first-order valence-corrected chi connectivity index (χ1v) is 11.2. The lowest BCUT2D eigenvalue weighted by atomic mass is 10.2. The summed E-state index contributed by atoms with van der Waals surface area (Å²) >= 11 is 2.10. The molecule has 0 fully saturated rings. The van der Waals surface area contributed by atoms with Crippen LogP contribution < -0.4 is 10.9 Å². The van der Waals surface area contributed by atoms with Crippen LogP contribution in [0.5, 0.6) is 0 Å². The molecule has 0 aliphatic rings. The summed E-state index contributed by atoms with van der Waals surface area (Å²) in [6, 6.07) is 14.4. The van der Waals surface area contributed by atoms with Gasteiger partial charge in [0.25, 0.3) is 5.56 Å². The number of benzene rings is 2. The third-order valence-corrected chi connectivity index (χ3v) is 6.32. The molecule has 0 unspecified atom stereocenters. The Morgan fingerprint density at radius 2 is 1.97 bits per heavy atom. The molecular weight excluding hydrogens is 473 g/mol. The molecule has 0 bridgehead atoms. The molecule has 1 amide bonds. The molecule has 2 heterocycles. The van der Waals surface area contributed by atoms with Gasteiger partial charge in [0.15, 0.2) is 5.16 Å². The Morgan fingerprint density at radius 1 is 1.18 bits per heavy atom. The molecule has 2 aromatic heterocycles. The SMILES string of the molecule is N#Cc1ccsc1NC(=O)CSc1nc2ccccc2c(=O)n1-c1cccc(C(F)(F)F)c1. The maximum Gasteiger partial charge on any atom is 0.416 e. The zero-order chi connectivity index (χ0) is 23.6. The first-order chi connectivity index (χ1) is 15.8. The minimum atomic E-state index is -4.59. The van der Waals surface area contributed by atoms with Crippen molar-refractivity contribution in [1.82, 2.24) is 9.55 Å². The third kappa shape index (κ3) is 4.76. The number of carbonyl (C=O) groups excluding carboxylic acids is 1. The monoisotopic (exact) mass is 486 g/mol. The van der Waals surface area contributed by atoms with Gasteiger partial charge in [0.2, 0.25) is 5.91 Å². The minimum absolute atomic E-state index is 0.0130. The van der Waals surface area contributed by atoms with Crippen LogP contribution in [0.3, 0.4) is 0 Å². The number of nitrogens with one attached hydrogen (secondary N) is 1. The van der Waals surface area contributed by atoms with E-state index in [1.54, 1.807) is 29.6 Å². The highest BCUT2D eigenvalue weighted by molar-refractivity contribution is 7.99. The largest absolute Gasteiger partial charge is 0.416 e. The third-order valence-electron chi connectivity index (χ3n) is 4.55. The maximum absolute atomic E-state index is 13.3. The molecule has 0 saturated heterocycles. The minimum Gasteiger partial charge on any atom is -0.316 e. The highest BCUT2D eigenvalue weighted by Gasteiger charge is 2.31. The first-order valence-electron chi connectivity index (χ1n) is 9.37. The standard InChI is InChI=1S/C22H13F3N4O2S2/c23-22(24,25)14-4-3-5-15(10-14)29-20(31)16-6-1-2-7-17(16)27-21(29)33-12-18(30)28-19-13(11-26)8-9-32-19/h1-10H,12H2,(H,28,30). The van der Waals surface area contributed by atoms with Crippen molar-refractivity contribution >= 4 is 44.9 Å². The zero-order valence-corrected chi connectivity index (χ0v) is 18.2. The van der Waals surface area contributed by atoms with Crippen molar-refractivity contribution in [3.05, 3.63) is 81.5 Å². The summed E-state index contributed by atoms with van der Waals surface area (Å²) in [6.07, 6.45) is -4.59. The molecule has 11 heteroatoms. The molecule has 0 saturated carbocycles. The van der Waals surface area contributed by atoms with Crippen molar-refractivity contribution in [1.29, 1.82) is 5.26 Å². The lowest BCUT2D eigenvalue weighted by molar-refractivity contribution is -0.137. The van der Waals surface area contributed by atoms with Gasteiger partial charge in [0, 0.05) is 0 Å². The number of amides is 1. The van der Waals surface area contributed by atoms with Crippen LogP contribution in [-0.2, 0) is 11.0 Å². The van der Waals surface area contributed by atoms with Crippen molar-refractivity contribution < 1.29 is 18.0 Å². The Morgan fingerprint density at radius 3 is 2.73 bits per heavy atom. The quantitative estimate of drug-likeness (QED) is 0.314. The summed E-state index contributed by atoms with van der Waals surface area (Å²) in [5, 5.41) is 14.1. The van der Waals surface area contributed by atoms with Gasteiger partial charge in [-0.2, -0.15) is 18.4 Å². The number of carbonyl (C=O) groups is 1. The Labute approximate surface area is 193 Å². The number of aromatic nitrogens is 2. The lowest BCUT2D eigenvalue weighted by Crippen LogP contribution is -2.23. The van der Waals surface area contributed by atoms with Gasteiger partial charge in [-0.15, -0.1) is 11.3 Å². The normalized spacial score (nSPS) is 11.3. The number of hydrogen-bond acceptors (Lipinski definition) is 6. The van der Waals surface area contributed by atoms with Crippen LogP contribution >= 0.6 is 23.1 Å². The Kier molecular flexibility index (Phi) is 6.22. The number of nitrogens with zero attached hydrogens (tertiary/aromatic N) is 3. The highest BCUT2D eigenvalue weighted by Crippen LogP contribution is 2.31. The predicted molar refractivity (Wildman–Crippen MR) is 121 cm³/mol. The highest BCUT2D eigenvalue weighted by atomic mass is 32.2. The number of thiophene rings is 1. The predicted octanol–water partition coefficient (Wildman–Crippen LogP) is 5.07. The molecule has 0 aliphatic carbocycles. The van der Waals surface area contributed by atoms with Gasteiger partial charge in [0.1, 0.15) is 11.1 Å². The van der Waals surface area contributed by atoms with Crippen molar-refractivity contribution in [2.75, 3.05) is 11.1 Å². The number of halogens is 3. The topological polar surface area (TPSA) is 87.8 Å². The molecule has 33 heavy (non-hydrogen) atoms. The number of rotatable bonds is 5. The van der Waals surface area contributed by atoms with Crippen molar-refractivity contribution in [3.63, 3.8) is 0 Å². The van der Waals surface area contributed by atoms with E-state index in [0.29, 0.717) is 16.1 Å². The molecule has 0 aliphatic heterocycles. The van der Waals surface area contributed by atoms with Gasteiger partial charge in [-0.05, 0) is 41.8 Å². The van der Waals surface area contributed by atoms with E-state index < -0.39 is 23.2 Å². The van der Waals surface area contributed by atoms with Crippen LogP contribution in [0, 0.1) is 11.3 Å². The van der Waals surface area contributed by atoms with E-state index in [-0.39, 0.29) is 22.0 Å². The van der Waals surface area contributed by atoms with Gasteiger partial charge in [-0.25, -0.2) is 4.98 Å². The second kappa shape index (κ2) is 9.09. The molecule has 0 radical (unpaired) electrons. The summed E-state index contributed by atoms with van der Waals surface area (Å²) in [6.45, 7) is 0. The average Bonchev–Trinajstić information content (AvgIpc) is 3.24. The molecule has 0 atom stereocenters. The molecule has 1 N–H and O–H groups in total. The van der Waals surface area contributed by atoms with E-state index in [0.717, 1.165) is 28.5 Å². The van der Waals surface area contributed by atoms with Crippen LogP contribution in [-0.4, -0.2) is 21.2 Å². The Hall–Kier alpha value is -3.62. The molecular formula is C22H13F3N4O2S2. The number of nitriles is 1. The Balaban J connectivity index is 1.73. The molecule has 4 aromatic rings. The van der Waals surface area contributed by atoms with Crippen LogP contribution in [0.25, 0.3) is 16.6 Å². The molecule has 166 valence electrons. The summed E-state index contributed by atoms with van der Waals surface area (Å²) in [7, 11) is 0. The number of anilines is 1. The maximum atomic E-state index is 13.3. The zero-order valence-electron chi connectivity index (χ0n) is 16.6. The van der Waals surface area contributed by atoms with Crippen LogP contribution in [0.15, 0.2) is 69.9 Å². The number of thioether (sulfide) groups is 1. The molecule has 6 nitrogen and oxygen atoms in total. The van der Waals surface area contributed by atoms with E-state index in [2.05, 4.69) is 10.3 Å². The van der Waals surface area contributed by atoms with Crippen LogP contribution in [0.4, 0.5) is 18.2 Å². The van der Waals surface area contributed by atoms with E-state index in [4.69, 9.17) is 5.26 Å². The fraction of sp³-hybridized carbons (Fsp3) is 0.0909. The summed E-state index contributed by atoms with van der Waals surface area (Å²) in [5.41, 5.74) is -0.786. The van der Waals surface area contributed by atoms with Gasteiger partial charge >= 0.3 is 6.18 Å². The number of hydrogen-bond donors (Lipinski definition) is 1. The summed E-state index contributed by atoms with van der Waals surface area (Å²) in [5.74, 6) is -0.621. The summed E-state index contributed by atoms with van der Waals surface area (Å²) < 4.78 is 40.8. The van der Waals surface area contributed by atoms with E-state index in [9.17, 15) is 22.8 Å². The van der Waals surface area contributed by atoms with E-state index in [1.807, 2.05) is 6.07 Å². The van der Waals surface area contributed by atoms with E-state index >= 15 is 0 Å². The van der Waals surface area contributed by atoms with Crippen LogP contribution in [0.1, 0.15) is 11.1 Å². The second-order valence-corrected chi connectivity index (χ2v) is 8.57. The van der Waals surface area contributed by atoms with Gasteiger partial charge < -0.3 is 5.32 Å². The van der Waals surface area contributed by atoms with Gasteiger partial charge in [-0.1, -0.05) is 30.0 Å². The first kappa shape index (κ1) is 22.6. The van der Waals surface area contributed by atoms with Crippen LogP contribution in [0.2, 0.25) is 0 Å². The smallest absolute Gasteiger partial charge is 0.316 e. The van der Waals surface area contributed by atoms with Crippen molar-refractivity contribution in [3.8, 4) is 11.8 Å². The number of fused-ring (bicyclic) bond motifs is 1. The van der Waals surface area contributed by atoms with E-state index in [1.165, 1.54) is 29.5 Å². The number of para-hydroxylation sites is 1. The second-order valence-electron chi connectivity index (χ2n) is 6.71.